The molecule has 39 heavy (non-hydrogen) atoms. The zero-order valence-electron chi connectivity index (χ0n) is 22.4. The van der Waals surface area contributed by atoms with Crippen LogP contribution in [0, 0.1) is 0 Å². The van der Waals surface area contributed by atoms with Crippen LogP contribution in [0.3, 0.4) is 0 Å². The predicted molar refractivity (Wildman–Crippen MR) is 136 cm³/mol. The fraction of sp³-hybridized carbons (Fsp3) is 0.778. The first kappa shape index (κ1) is 28.7. The Hall–Kier alpha value is -1.83. The van der Waals surface area contributed by atoms with E-state index in [0.29, 0.717) is 13.2 Å². The molecule has 0 saturated carbocycles. The minimum Gasteiger partial charge on any atom is -0.390 e. The summed E-state index contributed by atoms with van der Waals surface area (Å²) in [5, 5.41) is 14.8. The van der Waals surface area contributed by atoms with Crippen LogP contribution in [-0.2, 0) is 37.9 Å². The number of unbranched alkanes of at least 4 members (excludes halogenated alkanes) is 2. The summed E-state index contributed by atoms with van der Waals surface area (Å²) in [7, 11) is 0. The van der Waals surface area contributed by atoms with Crippen LogP contribution >= 0.6 is 0 Å². The molecule has 0 spiro atoms. The van der Waals surface area contributed by atoms with E-state index in [1.54, 1.807) is 0 Å². The van der Waals surface area contributed by atoms with Crippen LogP contribution in [-0.4, -0.2) is 92.9 Å². The minimum absolute atomic E-state index is 0.200. The first-order chi connectivity index (χ1) is 19.1. The topological polar surface area (TPSA) is 143 Å². The molecule has 4 fully saturated rings. The Balaban J connectivity index is 1.39. The van der Waals surface area contributed by atoms with Gasteiger partial charge in [-0.3, -0.25) is 0 Å². The van der Waals surface area contributed by atoms with Crippen molar-refractivity contribution < 1.29 is 43.0 Å². The molecule has 2 bridgehead atoms. The van der Waals surface area contributed by atoms with Gasteiger partial charge in [0.05, 0.1) is 19.3 Å². The highest BCUT2D eigenvalue weighted by Crippen LogP contribution is 2.39. The summed E-state index contributed by atoms with van der Waals surface area (Å²) < 4.78 is 49.6. The first-order valence-corrected chi connectivity index (χ1v) is 14.0. The van der Waals surface area contributed by atoms with Gasteiger partial charge in [0.15, 0.2) is 18.9 Å². The Kier molecular flexibility index (Phi) is 10.1. The van der Waals surface area contributed by atoms with Gasteiger partial charge in [0.2, 0.25) is 0 Å². The van der Waals surface area contributed by atoms with E-state index in [2.05, 4.69) is 23.9 Å². The van der Waals surface area contributed by atoms with Crippen LogP contribution in [0.4, 0.5) is 0 Å². The number of ether oxygens (including phenoxy) is 8. The molecule has 4 aliphatic rings. The van der Waals surface area contributed by atoms with Crippen LogP contribution in [0.5, 0.6) is 0 Å². The van der Waals surface area contributed by atoms with Crippen molar-refractivity contribution in [1.82, 2.24) is 0 Å². The molecule has 4 heterocycles. The summed E-state index contributed by atoms with van der Waals surface area (Å²) in [5.41, 5.74) is 9.92. The normalized spacial score (nSPS) is 39.6. The molecule has 1 aromatic carbocycles. The molecule has 4 aliphatic heterocycles. The summed E-state index contributed by atoms with van der Waals surface area (Å²) in [4.78, 5) is 2.85. The van der Waals surface area contributed by atoms with Crippen LogP contribution in [0.2, 0.25) is 0 Å². The number of hydrogen-bond donors (Lipinski definition) is 1. The van der Waals surface area contributed by atoms with E-state index in [9.17, 15) is 5.11 Å². The molecule has 4 saturated heterocycles. The molecule has 5 rings (SSSR count). The van der Waals surface area contributed by atoms with Crippen LogP contribution in [0.25, 0.3) is 10.4 Å². The Morgan fingerprint density at radius 1 is 0.923 bits per heavy atom. The van der Waals surface area contributed by atoms with Crippen molar-refractivity contribution in [3.05, 3.63) is 46.3 Å². The van der Waals surface area contributed by atoms with E-state index < -0.39 is 67.6 Å². The van der Waals surface area contributed by atoms with Crippen LogP contribution in [0.15, 0.2) is 35.4 Å². The second-order valence-corrected chi connectivity index (χ2v) is 10.3. The predicted octanol–water partition coefficient (Wildman–Crippen LogP) is 3.38. The van der Waals surface area contributed by atoms with E-state index in [-0.39, 0.29) is 13.2 Å². The van der Waals surface area contributed by atoms with Crippen molar-refractivity contribution in [2.75, 3.05) is 26.4 Å². The number of benzene rings is 1. The Morgan fingerprint density at radius 3 is 2.36 bits per heavy atom. The molecular weight excluding hydrogens is 510 g/mol. The quantitative estimate of drug-likeness (QED) is 0.180. The molecular formula is C27H39N3O9. The number of hydrogen-bond acceptors (Lipinski definition) is 10. The molecule has 216 valence electrons. The van der Waals surface area contributed by atoms with Gasteiger partial charge in [-0.1, -0.05) is 62.1 Å². The molecule has 0 aromatic heterocycles. The lowest BCUT2D eigenvalue weighted by molar-refractivity contribution is -0.382. The third-order valence-corrected chi connectivity index (χ3v) is 7.51. The van der Waals surface area contributed by atoms with Crippen molar-refractivity contribution in [3.63, 3.8) is 0 Å². The van der Waals surface area contributed by atoms with Gasteiger partial charge >= 0.3 is 0 Å². The van der Waals surface area contributed by atoms with Gasteiger partial charge in [0.1, 0.15) is 42.7 Å². The summed E-state index contributed by atoms with van der Waals surface area (Å²) in [6.45, 7) is 5.67. The van der Waals surface area contributed by atoms with Crippen molar-refractivity contribution >= 4 is 0 Å². The largest absolute Gasteiger partial charge is 0.390 e. The summed E-state index contributed by atoms with van der Waals surface area (Å²) in [6, 6.07) is 8.82. The maximum atomic E-state index is 11.1. The van der Waals surface area contributed by atoms with Gasteiger partial charge in [-0.25, -0.2) is 0 Å². The van der Waals surface area contributed by atoms with Gasteiger partial charge in [0, 0.05) is 23.7 Å². The van der Waals surface area contributed by atoms with Crippen LogP contribution < -0.4 is 0 Å². The average molecular weight is 550 g/mol. The fourth-order valence-electron chi connectivity index (χ4n) is 5.40. The summed E-state index contributed by atoms with van der Waals surface area (Å²) in [6.07, 6.45) is -3.29. The van der Waals surface area contributed by atoms with Gasteiger partial charge in [-0.05, 0) is 18.4 Å². The molecule has 0 amide bonds. The van der Waals surface area contributed by atoms with Crippen molar-refractivity contribution in [3.8, 4) is 0 Å². The number of rotatable bonds is 12. The number of azide groups is 1. The highest BCUT2D eigenvalue weighted by atomic mass is 16.8. The van der Waals surface area contributed by atoms with Gasteiger partial charge < -0.3 is 43.0 Å². The average Bonchev–Trinajstić information content (AvgIpc) is 3.40. The zero-order valence-corrected chi connectivity index (χ0v) is 22.4. The number of fused-ring (bicyclic) bond motifs is 3. The number of aliphatic hydroxyl groups excluding tert-OH is 1. The van der Waals surface area contributed by atoms with Gasteiger partial charge in [0.25, 0.3) is 0 Å². The highest BCUT2D eigenvalue weighted by Gasteiger charge is 2.56. The second-order valence-electron chi connectivity index (χ2n) is 10.3. The smallest absolute Gasteiger partial charge is 0.187 e. The number of aliphatic hydroxyl groups is 1. The monoisotopic (exact) mass is 549 g/mol. The van der Waals surface area contributed by atoms with E-state index in [1.807, 2.05) is 30.3 Å². The molecule has 1 aromatic rings. The maximum absolute atomic E-state index is 11.1. The Labute approximate surface area is 228 Å². The lowest BCUT2D eigenvalue weighted by Crippen LogP contribution is -2.65. The van der Waals surface area contributed by atoms with E-state index in [0.717, 1.165) is 31.2 Å². The minimum atomic E-state index is -1.15. The molecule has 0 aliphatic carbocycles. The van der Waals surface area contributed by atoms with E-state index in [4.69, 9.17) is 43.4 Å². The molecule has 1 N–H and O–H groups in total. The third-order valence-electron chi connectivity index (χ3n) is 7.51. The molecule has 6 unspecified atom stereocenters. The maximum Gasteiger partial charge on any atom is 0.187 e. The van der Waals surface area contributed by atoms with E-state index in [1.165, 1.54) is 0 Å². The van der Waals surface area contributed by atoms with Crippen LogP contribution in [0.1, 0.15) is 51.4 Å². The molecule has 12 nitrogen and oxygen atoms in total. The zero-order chi connectivity index (χ0) is 27.2. The first-order valence-electron chi connectivity index (χ1n) is 14.0. The van der Waals surface area contributed by atoms with Crippen molar-refractivity contribution in [2.24, 2.45) is 5.11 Å². The lowest BCUT2D eigenvalue weighted by Gasteiger charge is -2.50. The standard InChI is InChI=1S/C27H39N3O9/c1-3-5-12-32-23-22-18(15-34-25(39-22)16-10-8-7-9-11-16)37-27(24(23)33-13-6-4-2)38-21-17-14-35-26(36-17)19(20(21)31)29-30-28/h7-11,17-27,31H,3-6,12-15H2,1-2H3/t17-,18?,19+,20+,21?,22-,23?,24?,25?,26?,27+/m1/s1. The second kappa shape index (κ2) is 13.7. The van der Waals surface area contributed by atoms with E-state index >= 15 is 0 Å². The number of nitrogens with zero attached hydrogens (tertiary/aromatic N) is 3. The van der Waals surface area contributed by atoms with Gasteiger partial charge in [-0.15, -0.1) is 0 Å². The Morgan fingerprint density at radius 2 is 1.64 bits per heavy atom. The van der Waals surface area contributed by atoms with Gasteiger partial charge in [-0.2, -0.15) is 0 Å². The lowest BCUT2D eigenvalue weighted by atomic mass is 9.96. The molecule has 11 atom stereocenters. The summed E-state index contributed by atoms with van der Waals surface area (Å²) in [5.74, 6) is 0. The van der Waals surface area contributed by atoms with Crippen molar-refractivity contribution in [2.45, 2.75) is 107 Å². The molecule has 0 radical (unpaired) electrons. The Bertz CT molecular complexity index is 952. The highest BCUT2D eigenvalue weighted by molar-refractivity contribution is 5.16. The fourth-order valence-corrected chi connectivity index (χ4v) is 5.40. The molecule has 12 heteroatoms. The third kappa shape index (κ3) is 6.41. The van der Waals surface area contributed by atoms with Crippen molar-refractivity contribution in [1.29, 1.82) is 0 Å². The summed E-state index contributed by atoms with van der Waals surface area (Å²) >= 11 is 0. The SMILES string of the molecule is CCCCOC1C(OCCCC)[C@@H]2OC(c3ccccc3)OCC2O[C@H]1OC1[C@@H](O)[C@H](N=[N+]=[N-])C2OC[C@H]1O2.